The van der Waals surface area contributed by atoms with Crippen molar-refractivity contribution in [2.24, 2.45) is 22.5 Å². The second-order valence-electron chi connectivity index (χ2n) is 41.5. The van der Waals surface area contributed by atoms with E-state index in [0.29, 0.717) is 133 Å². The van der Waals surface area contributed by atoms with Crippen molar-refractivity contribution in [2.75, 3.05) is 50.9 Å². The van der Waals surface area contributed by atoms with Crippen LogP contribution in [0.25, 0.3) is 66.0 Å². The van der Waals surface area contributed by atoms with Crippen LogP contribution in [0.15, 0.2) is 81.2 Å². The lowest BCUT2D eigenvalue weighted by atomic mass is 9.76. The number of aromatic nitrogens is 12. The number of nitrogens with zero attached hydrogens (tertiary/aromatic N) is 14. The predicted molar refractivity (Wildman–Crippen MR) is 580 cm³/mol. The number of aliphatic carboxylic acids is 1. The zero-order chi connectivity index (χ0) is 108. The van der Waals surface area contributed by atoms with Gasteiger partial charge in [-0.05, 0) is 179 Å². The van der Waals surface area contributed by atoms with E-state index in [2.05, 4.69) is 90.5 Å². The van der Waals surface area contributed by atoms with Gasteiger partial charge in [0.15, 0.2) is 46.2 Å². The van der Waals surface area contributed by atoms with Crippen LogP contribution in [0.2, 0.25) is 0 Å². The van der Waals surface area contributed by atoms with Crippen molar-refractivity contribution in [3.05, 3.63) is 106 Å². The molecule has 2 aliphatic heterocycles. The molecule has 10 aromatic rings. The number of imidazole rings is 2. The van der Waals surface area contributed by atoms with Crippen molar-refractivity contribution < 1.29 is 82.6 Å². The fourth-order valence-corrected chi connectivity index (χ4v) is 19.4. The van der Waals surface area contributed by atoms with E-state index in [1.165, 1.54) is 9.80 Å². The van der Waals surface area contributed by atoms with Crippen LogP contribution in [0, 0.1) is 54.3 Å². The number of ether oxygens (including phenoxy) is 2. The number of β-amino-alcohol motifs (C(OH)–C–C–N with tert-alkyl or cyclic N) is 2. The molecule has 6 amide bonds. The summed E-state index contributed by atoms with van der Waals surface area (Å²) in [4.78, 5) is 136. The largest absolute Gasteiger partial charge is 0.490 e. The maximum atomic E-state index is 14.0. The number of hydrogen-bond donors (Lipinski definition) is 12. The van der Waals surface area contributed by atoms with Crippen LogP contribution >= 0.6 is 22.7 Å². The molecule has 0 bridgehead atoms. The van der Waals surface area contributed by atoms with Crippen molar-refractivity contribution in [2.45, 2.75) is 358 Å². The first-order valence-corrected chi connectivity index (χ1v) is 54.0. The number of carboxylic acid groups (broad SMARTS) is 1. The van der Waals surface area contributed by atoms with Crippen molar-refractivity contribution in [1.29, 1.82) is 0 Å². The number of ketones is 1. The van der Waals surface area contributed by atoms with E-state index in [1.54, 1.807) is 62.8 Å². The first-order chi connectivity index (χ1) is 71.1. The summed E-state index contributed by atoms with van der Waals surface area (Å²) in [5, 5.41) is 77.0. The number of carboxylic acids is 1. The van der Waals surface area contributed by atoms with Gasteiger partial charge in [0.05, 0.1) is 70.0 Å². The fraction of sp³-hybridized carbons (Fsp3) is 0.582. The maximum absolute atomic E-state index is 14.0. The second-order valence-corrected chi connectivity index (χ2v) is 43.2. The molecule has 2 aliphatic rings. The van der Waals surface area contributed by atoms with Gasteiger partial charge < -0.3 is 92.4 Å². The third kappa shape index (κ3) is 36.6. The van der Waals surface area contributed by atoms with Crippen molar-refractivity contribution in [3.8, 4) is 79.1 Å². The molecule has 2 aromatic carbocycles. The number of pyridine rings is 2. The number of benzene rings is 2. The first-order valence-electron chi connectivity index (χ1n) is 52.3. The third-order valence-corrected chi connectivity index (χ3v) is 27.9. The maximum Gasteiger partial charge on any atom is 0.303 e. The Kier molecular flexibility index (Phi) is 47.2. The molecule has 2 saturated heterocycles. The Morgan fingerprint density at radius 2 is 0.907 bits per heavy atom. The average molecular weight is 2110 g/mol. The molecule has 12 rings (SSSR count). The minimum absolute atomic E-state index is 0. The number of rotatable bonds is 52. The molecule has 0 saturated carbocycles. The van der Waals surface area contributed by atoms with Crippen LogP contribution in [0.5, 0.6) is 11.5 Å². The number of carbonyl (C=O) groups is 8. The van der Waals surface area contributed by atoms with Gasteiger partial charge in [-0.2, -0.15) is 0 Å². The van der Waals surface area contributed by atoms with Crippen molar-refractivity contribution in [3.63, 3.8) is 0 Å². The molecule has 816 valence electrons. The highest BCUT2D eigenvalue weighted by Crippen LogP contribution is 2.40. The monoisotopic (exact) mass is 2110 g/mol. The van der Waals surface area contributed by atoms with E-state index in [-0.39, 0.29) is 112 Å². The lowest BCUT2D eigenvalue weighted by molar-refractivity contribution is -0.146. The molecule has 150 heavy (non-hydrogen) atoms. The van der Waals surface area contributed by atoms with Gasteiger partial charge >= 0.3 is 5.97 Å². The van der Waals surface area contributed by atoms with E-state index in [0.717, 1.165) is 178 Å². The Morgan fingerprint density at radius 3 is 1.29 bits per heavy atom. The number of aryl methyl sites for hydroxylation is 4. The average Bonchev–Trinajstić information content (AvgIpc) is 1.60. The van der Waals surface area contributed by atoms with Crippen LogP contribution in [-0.4, -0.2) is 223 Å². The molecule has 0 spiro atoms. The fourth-order valence-electron chi connectivity index (χ4n) is 17.8. The number of Topliss-reactive ketones (excluding diaryl/α,β-unsaturated/α-hetero) is 1. The molecule has 8 aromatic heterocycles. The Morgan fingerprint density at radius 1 is 0.507 bits per heavy atom. The summed E-state index contributed by atoms with van der Waals surface area (Å²) < 4.78 is 25.7. The van der Waals surface area contributed by atoms with E-state index >= 15 is 0 Å². The van der Waals surface area contributed by atoms with Gasteiger partial charge in [-0.25, -0.2) is 39.2 Å². The van der Waals surface area contributed by atoms with E-state index in [1.807, 2.05) is 138 Å². The number of unbranched alkanes of at least 4 members (excludes halogenated alkanes) is 18. The molecule has 0 aliphatic carbocycles. The Bertz CT molecular complexity index is 6170. The van der Waals surface area contributed by atoms with Gasteiger partial charge in [-0.1, -0.05) is 199 Å². The molecule has 0 unspecified atom stereocenters. The summed E-state index contributed by atoms with van der Waals surface area (Å²) in [5.41, 5.74) is 27.3. The number of likely N-dealkylation sites (tertiary alicyclic amines) is 2. The zero-order valence-corrected chi connectivity index (χ0v) is 90.5. The standard InChI is InChI=1S/C54H75N11O8S.C32H48N4O4S.C23H30N6O5.CH4/c1-8-64-46-41(32-57-39(26-27-54(6,7)71)44(46)61-50(64)45-49(55)63-73-62-45)72-29-19-15-11-13-16-20-42(67)56-28-18-14-10-9-12-17-21-43(68)60-48(53(3,4)5)52(70)65-33-38(66)30-40(65)51(69)58-31-36-22-24-37(25-23-36)47-35(2)59-34-74-47;1-22-29(41-21-35-22)24-14-12-23(13-15-24)19-34-30(39)28-18-26(38)20-36(28)31(40)27(32(2,3)4)17-25(37)11-9-7-5-6-8-10-16-33;1-4-29-20-16(33-13-9-7-5-6-8-10-17(30)31)14-25-15(11-12-23(2,3)32)18(20)26-22(29)19-21(24)28-34-27-19;/h22-25,32,34,38,40,48,66,71H,8-21,28-31,33H2,1-7H3,(H2,55,63)(H,56,67)(H,58,69)(H,60,68);12-15,21,26-28,38H,5-11,16-20,33H2,1-4H3,(H,34,39);14,32H,4-10,13H2,1-3H3,(H2,24,28)(H,30,31);1H4/t38-,40+,48-;26-,27-,28+;;/m11../s1. The van der Waals surface area contributed by atoms with Gasteiger partial charge in [0.2, 0.25) is 35.4 Å². The molecule has 0 radical (unpaired) electrons. The summed E-state index contributed by atoms with van der Waals surface area (Å²) in [5.74, 6) is 11.0. The highest BCUT2D eigenvalue weighted by atomic mass is 32.1. The summed E-state index contributed by atoms with van der Waals surface area (Å²) in [6.07, 6.45) is 23.8. The topological polar surface area (TPSA) is 554 Å². The lowest BCUT2D eigenvalue weighted by Crippen LogP contribution is -2.57. The van der Waals surface area contributed by atoms with Crippen LogP contribution in [0.1, 0.15) is 311 Å². The molecule has 15 N–H and O–H groups in total. The number of amides is 6. The molecule has 38 nitrogen and oxygen atoms in total. The Balaban J connectivity index is 0.000000276. The van der Waals surface area contributed by atoms with E-state index in [9.17, 15) is 58.8 Å². The van der Waals surface area contributed by atoms with Gasteiger partial charge in [0.1, 0.15) is 68.6 Å². The molecular formula is C110H157N21O17S2. The summed E-state index contributed by atoms with van der Waals surface area (Å²) in [6, 6.07) is 13.4. The van der Waals surface area contributed by atoms with Gasteiger partial charge in [0.25, 0.3) is 0 Å². The minimum Gasteiger partial charge on any atom is -0.490 e. The molecular weight excluding hydrogens is 1950 g/mol. The summed E-state index contributed by atoms with van der Waals surface area (Å²) >= 11 is 3.17. The van der Waals surface area contributed by atoms with Gasteiger partial charge in [-0.3, -0.25) is 38.4 Å². The zero-order valence-electron chi connectivity index (χ0n) is 88.9. The number of nitrogens with two attached hydrogens (primary N) is 3. The highest BCUT2D eigenvalue weighted by Gasteiger charge is 2.47. The molecule has 2 fully saturated rings. The lowest BCUT2D eigenvalue weighted by Gasteiger charge is -2.35. The van der Waals surface area contributed by atoms with Crippen LogP contribution in [0.3, 0.4) is 0 Å². The molecule has 40 heteroatoms. The smallest absolute Gasteiger partial charge is 0.303 e. The molecule has 6 atom stereocenters. The van der Waals surface area contributed by atoms with E-state index in [4.69, 9.17) is 46.0 Å². The highest BCUT2D eigenvalue weighted by molar-refractivity contribution is 7.13. The molecule has 10 heterocycles. The number of anilines is 2. The van der Waals surface area contributed by atoms with Crippen molar-refractivity contribution in [1.82, 2.24) is 90.7 Å². The normalized spacial score (nSPS) is 15.0. The third-order valence-electron chi connectivity index (χ3n) is 26.0. The minimum atomic E-state index is -1.22. The number of hydrogen-bond acceptors (Lipinski definition) is 31. The number of fused-ring (bicyclic) bond motifs is 2. The summed E-state index contributed by atoms with van der Waals surface area (Å²) in [7, 11) is 0. The SMILES string of the molecule is C.CCn1c(-c2nonc2N)nc2c(C#CC(C)(C)O)ncc(OCCCCCCCC(=O)NCCCCCCCCC(=O)N[C@H](C(=O)N3C[C@H](O)C[C@H]3C(=O)NCc3ccc(-c4scnc4C)cc3)C(C)(C)C)c21.CCn1c(-c2nonc2N)nc2c(C#CC(C)(C)O)ncc(OCCCCCCCC(=O)O)c21.Cc1ncsc1-c1ccc(CNC(=O)[C@@H]2C[C@@H](O)CN2C(=O)[C@@H](CC(=O)CCCCCCCCN)C(C)(C)C)cc1. The second kappa shape index (κ2) is 58.6. The number of nitrogen functional groups attached to an aromatic ring is 2. The van der Waals surface area contributed by atoms with Crippen molar-refractivity contribution >= 4 is 104 Å². The number of carbonyl (C=O) groups excluding carboxylic acids is 7. The number of nitrogens with one attached hydrogen (secondary N) is 4. The van der Waals surface area contributed by atoms with Crippen LogP contribution in [0.4, 0.5) is 11.6 Å². The quantitative estimate of drug-likeness (QED) is 0.0124. The first kappa shape index (κ1) is 121. The van der Waals surface area contributed by atoms with Gasteiger partial charge in [0, 0.05) is 96.7 Å². The Labute approximate surface area is 888 Å². The Hall–Kier alpha value is -12.7. The van der Waals surface area contributed by atoms with Gasteiger partial charge in [-0.15, -0.1) is 22.7 Å². The number of aliphatic hydroxyl groups excluding tert-OH is 2. The number of thiazole rings is 2. The van der Waals surface area contributed by atoms with Crippen LogP contribution < -0.4 is 47.9 Å². The van der Waals surface area contributed by atoms with E-state index < -0.39 is 64.3 Å². The number of aliphatic hydroxyl groups is 4. The predicted octanol–water partition coefficient (Wildman–Crippen LogP) is 15.7. The summed E-state index contributed by atoms with van der Waals surface area (Å²) in [6.45, 7) is 29.8. The van der Waals surface area contributed by atoms with Crippen LogP contribution in [-0.2, 0) is 64.5 Å².